The van der Waals surface area contributed by atoms with Crippen molar-refractivity contribution in [2.75, 3.05) is 0 Å². The molecular weight excluding hydrogens is 288 g/mol. The van der Waals surface area contributed by atoms with E-state index in [1.165, 1.54) is 6.07 Å². The van der Waals surface area contributed by atoms with Gasteiger partial charge in [0.1, 0.15) is 15.5 Å². The zero-order valence-electron chi connectivity index (χ0n) is 11.2. The average Bonchev–Trinajstić information content (AvgIpc) is 2.83. The second-order valence-electron chi connectivity index (χ2n) is 4.81. The van der Waals surface area contributed by atoms with E-state index in [-0.39, 0.29) is 10.4 Å². The van der Waals surface area contributed by atoms with Crippen molar-refractivity contribution < 1.29 is 9.90 Å². The first kappa shape index (κ1) is 13.5. The molecule has 2 aromatic heterocycles. The Kier molecular flexibility index (Phi) is 3.31. The average molecular weight is 300 g/mol. The van der Waals surface area contributed by atoms with Crippen molar-refractivity contribution in [1.29, 1.82) is 0 Å². The molecule has 0 fully saturated rings. The number of nitrogens with zero attached hydrogens (tertiary/aromatic N) is 1. The Balaban J connectivity index is 2.04. The van der Waals surface area contributed by atoms with E-state index in [9.17, 15) is 9.59 Å². The van der Waals surface area contributed by atoms with Crippen LogP contribution in [0.15, 0.2) is 35.1 Å². The summed E-state index contributed by atoms with van der Waals surface area (Å²) in [6.07, 6.45) is 0.507. The van der Waals surface area contributed by atoms with Gasteiger partial charge in [-0.1, -0.05) is 29.8 Å². The van der Waals surface area contributed by atoms with Gasteiger partial charge in [-0.3, -0.25) is 4.79 Å². The summed E-state index contributed by atoms with van der Waals surface area (Å²) in [5, 5.41) is 9.31. The number of aromatic carboxylic acids is 1. The lowest BCUT2D eigenvalue weighted by Gasteiger charge is -2.02. The molecule has 3 rings (SSSR count). The molecule has 0 aliphatic rings. The number of carbonyl (C=O) groups is 1. The maximum Gasteiger partial charge on any atom is 0.345 e. The zero-order chi connectivity index (χ0) is 15.0. The molecule has 0 atom stereocenters. The van der Waals surface area contributed by atoms with Crippen molar-refractivity contribution in [2.24, 2.45) is 0 Å². The summed E-state index contributed by atoms with van der Waals surface area (Å²) in [6.45, 7) is 2.00. The number of rotatable bonds is 3. The number of hydrogen-bond donors (Lipinski definition) is 2. The monoisotopic (exact) mass is 300 g/mol. The van der Waals surface area contributed by atoms with Crippen LogP contribution in [0.1, 0.15) is 26.6 Å². The lowest BCUT2D eigenvalue weighted by atomic mass is 10.1. The molecule has 0 aliphatic heterocycles. The fourth-order valence-electron chi connectivity index (χ4n) is 2.18. The number of carboxylic acids is 1. The molecule has 0 saturated carbocycles. The fourth-order valence-corrected chi connectivity index (χ4v) is 3.07. The standard InChI is InChI=1S/C15H12N2O3S/c1-8-3-2-4-9(5-8)6-12-16-13(18)10-7-11(15(19)20)21-14(10)17-12/h2-5,7H,6H2,1H3,(H,19,20)(H,16,17,18). The first-order valence-electron chi connectivity index (χ1n) is 6.34. The second-order valence-corrected chi connectivity index (χ2v) is 5.84. The summed E-state index contributed by atoms with van der Waals surface area (Å²) < 4.78 is 0. The van der Waals surface area contributed by atoms with Gasteiger partial charge in [0, 0.05) is 6.42 Å². The van der Waals surface area contributed by atoms with Crippen molar-refractivity contribution in [2.45, 2.75) is 13.3 Å². The number of thiophene rings is 1. The minimum atomic E-state index is -1.04. The topological polar surface area (TPSA) is 83.0 Å². The zero-order valence-corrected chi connectivity index (χ0v) is 12.0. The van der Waals surface area contributed by atoms with Crippen molar-refractivity contribution in [3.63, 3.8) is 0 Å². The van der Waals surface area contributed by atoms with Gasteiger partial charge in [0.15, 0.2) is 0 Å². The van der Waals surface area contributed by atoms with Crippen LogP contribution in [0.5, 0.6) is 0 Å². The maximum absolute atomic E-state index is 12.0. The van der Waals surface area contributed by atoms with Crippen LogP contribution in [0.3, 0.4) is 0 Å². The number of hydrogen-bond acceptors (Lipinski definition) is 4. The molecule has 21 heavy (non-hydrogen) atoms. The predicted octanol–water partition coefficient (Wildman–Crippen LogP) is 2.58. The molecule has 2 heterocycles. The Labute approximate surface area is 123 Å². The van der Waals surface area contributed by atoms with Crippen LogP contribution in [0.4, 0.5) is 0 Å². The van der Waals surface area contributed by atoms with Crippen LogP contribution in [-0.4, -0.2) is 21.0 Å². The Morgan fingerprint density at radius 2 is 2.19 bits per heavy atom. The highest BCUT2D eigenvalue weighted by Gasteiger charge is 2.13. The van der Waals surface area contributed by atoms with Gasteiger partial charge in [-0.2, -0.15) is 0 Å². The Bertz CT molecular complexity index is 895. The van der Waals surface area contributed by atoms with Crippen molar-refractivity contribution >= 4 is 27.5 Å². The summed E-state index contributed by atoms with van der Waals surface area (Å²) in [5.41, 5.74) is 1.89. The minimum Gasteiger partial charge on any atom is -0.477 e. The largest absolute Gasteiger partial charge is 0.477 e. The molecule has 0 aliphatic carbocycles. The number of carboxylic acid groups (broad SMARTS) is 1. The maximum atomic E-state index is 12.0. The SMILES string of the molecule is Cc1cccc(Cc2nc3sc(C(=O)O)cc3c(=O)[nH]2)c1. The number of nitrogens with one attached hydrogen (secondary N) is 1. The first-order chi connectivity index (χ1) is 10.0. The van der Waals surface area contributed by atoms with E-state index in [1.807, 2.05) is 31.2 Å². The Morgan fingerprint density at radius 3 is 2.90 bits per heavy atom. The van der Waals surface area contributed by atoms with Gasteiger partial charge in [-0.05, 0) is 18.6 Å². The smallest absolute Gasteiger partial charge is 0.345 e. The number of fused-ring (bicyclic) bond motifs is 1. The summed E-state index contributed by atoms with van der Waals surface area (Å²) in [5.74, 6) is -0.505. The molecule has 1 aromatic carbocycles. The highest BCUT2D eigenvalue weighted by molar-refractivity contribution is 7.20. The van der Waals surface area contributed by atoms with Crippen LogP contribution >= 0.6 is 11.3 Å². The normalized spacial score (nSPS) is 10.9. The number of aromatic nitrogens is 2. The van der Waals surface area contributed by atoms with Crippen LogP contribution in [0, 0.1) is 6.92 Å². The number of H-pyrrole nitrogens is 1. The van der Waals surface area contributed by atoms with Crippen LogP contribution in [0.2, 0.25) is 0 Å². The van der Waals surface area contributed by atoms with Crippen LogP contribution < -0.4 is 5.56 Å². The third-order valence-electron chi connectivity index (χ3n) is 3.12. The Hall–Kier alpha value is -2.47. The molecule has 2 N–H and O–H groups in total. The van der Waals surface area contributed by atoms with Gasteiger partial charge in [0.2, 0.25) is 0 Å². The molecule has 106 valence electrons. The number of benzene rings is 1. The van der Waals surface area contributed by atoms with Gasteiger partial charge < -0.3 is 10.1 Å². The third kappa shape index (κ3) is 2.71. The highest BCUT2D eigenvalue weighted by atomic mass is 32.1. The van der Waals surface area contributed by atoms with Crippen molar-refractivity contribution in [3.8, 4) is 0 Å². The van der Waals surface area contributed by atoms with E-state index in [2.05, 4.69) is 9.97 Å². The van der Waals surface area contributed by atoms with Gasteiger partial charge in [0.05, 0.1) is 5.39 Å². The first-order valence-corrected chi connectivity index (χ1v) is 7.16. The van der Waals surface area contributed by atoms with E-state index in [0.717, 1.165) is 22.5 Å². The van der Waals surface area contributed by atoms with E-state index < -0.39 is 5.97 Å². The number of aryl methyl sites for hydroxylation is 1. The molecule has 0 bridgehead atoms. The molecule has 6 heteroatoms. The number of aromatic amines is 1. The molecule has 0 unspecified atom stereocenters. The van der Waals surface area contributed by atoms with Gasteiger partial charge >= 0.3 is 5.97 Å². The second kappa shape index (κ2) is 5.14. The molecule has 5 nitrogen and oxygen atoms in total. The lowest BCUT2D eigenvalue weighted by Crippen LogP contribution is -2.11. The lowest BCUT2D eigenvalue weighted by molar-refractivity contribution is 0.0702. The Morgan fingerprint density at radius 1 is 1.38 bits per heavy atom. The molecule has 0 amide bonds. The predicted molar refractivity (Wildman–Crippen MR) is 81.2 cm³/mol. The van der Waals surface area contributed by atoms with Gasteiger partial charge in [-0.25, -0.2) is 9.78 Å². The molecule has 0 radical (unpaired) electrons. The van der Waals surface area contributed by atoms with E-state index in [1.54, 1.807) is 0 Å². The van der Waals surface area contributed by atoms with Gasteiger partial charge in [-0.15, -0.1) is 11.3 Å². The minimum absolute atomic E-state index is 0.121. The molecule has 0 spiro atoms. The van der Waals surface area contributed by atoms with Gasteiger partial charge in [0.25, 0.3) is 5.56 Å². The quantitative estimate of drug-likeness (QED) is 0.778. The highest BCUT2D eigenvalue weighted by Crippen LogP contribution is 2.21. The third-order valence-corrected chi connectivity index (χ3v) is 4.13. The van der Waals surface area contributed by atoms with E-state index >= 15 is 0 Å². The summed E-state index contributed by atoms with van der Waals surface area (Å²) in [4.78, 5) is 30.6. The molecule has 0 saturated heterocycles. The summed E-state index contributed by atoms with van der Waals surface area (Å²) in [7, 11) is 0. The van der Waals surface area contributed by atoms with Crippen molar-refractivity contribution in [1.82, 2.24) is 9.97 Å². The van der Waals surface area contributed by atoms with Crippen LogP contribution in [-0.2, 0) is 6.42 Å². The van der Waals surface area contributed by atoms with E-state index in [0.29, 0.717) is 22.5 Å². The summed E-state index contributed by atoms with van der Waals surface area (Å²) >= 11 is 1.02. The van der Waals surface area contributed by atoms with Crippen molar-refractivity contribution in [3.05, 3.63) is 62.5 Å². The van der Waals surface area contributed by atoms with E-state index in [4.69, 9.17) is 5.11 Å². The molecular formula is C15H12N2O3S. The van der Waals surface area contributed by atoms with Crippen LogP contribution in [0.25, 0.3) is 10.2 Å². The summed E-state index contributed by atoms with van der Waals surface area (Å²) in [6, 6.07) is 9.32. The molecule has 3 aromatic rings. The fraction of sp³-hybridized carbons (Fsp3) is 0.133.